The number of fused-ring (bicyclic) bond motifs is 5. The topological polar surface area (TPSA) is 77.8 Å². The van der Waals surface area contributed by atoms with Crippen LogP contribution in [0.3, 0.4) is 0 Å². The Morgan fingerprint density at radius 2 is 1.59 bits per heavy atom. The third-order valence-corrected chi connectivity index (χ3v) is 10.4. The van der Waals surface area contributed by atoms with Gasteiger partial charge in [-0.1, -0.05) is 25.5 Å². The van der Waals surface area contributed by atoms with Crippen molar-refractivity contribution in [3.63, 3.8) is 0 Å². The highest BCUT2D eigenvalue weighted by Crippen LogP contribution is 2.72. The van der Waals surface area contributed by atoms with Crippen LogP contribution in [-0.2, 0) is 23.7 Å². The van der Waals surface area contributed by atoms with E-state index in [9.17, 15) is 10.1 Å². The van der Waals surface area contributed by atoms with Crippen LogP contribution in [0.1, 0.15) is 65.7 Å². The van der Waals surface area contributed by atoms with Crippen LogP contribution in [0.5, 0.6) is 0 Å². The summed E-state index contributed by atoms with van der Waals surface area (Å²) < 4.78 is 24.2. The maximum atomic E-state index is 14.1. The van der Waals surface area contributed by atoms with Crippen molar-refractivity contribution in [2.75, 3.05) is 26.4 Å². The minimum Gasteiger partial charge on any atom is -0.348 e. The lowest BCUT2D eigenvalue weighted by Crippen LogP contribution is -2.62. The molecule has 0 aromatic heterocycles. The lowest BCUT2D eigenvalue weighted by atomic mass is 9.41. The van der Waals surface area contributed by atoms with Gasteiger partial charge < -0.3 is 18.9 Å². The van der Waals surface area contributed by atoms with Crippen molar-refractivity contribution in [3.05, 3.63) is 11.6 Å². The molecular weight excluding hydrogens is 406 g/mol. The number of allylic oxidation sites excluding steroid dienone is 1. The highest BCUT2D eigenvalue weighted by Gasteiger charge is 2.71. The number of ketones is 1. The molecule has 2 saturated heterocycles. The molecule has 0 aromatic carbocycles. The van der Waals surface area contributed by atoms with Crippen LogP contribution in [0.2, 0.25) is 0 Å². The Labute approximate surface area is 190 Å². The van der Waals surface area contributed by atoms with Gasteiger partial charge in [-0.3, -0.25) is 4.79 Å². The second-order valence-electron chi connectivity index (χ2n) is 11.8. The van der Waals surface area contributed by atoms with E-state index >= 15 is 0 Å². The molecule has 5 fully saturated rings. The molecule has 6 nitrogen and oxygen atoms in total. The van der Waals surface area contributed by atoms with Gasteiger partial charge in [0.2, 0.25) is 0 Å². The average molecular weight is 442 g/mol. The van der Waals surface area contributed by atoms with Crippen molar-refractivity contribution in [2.24, 2.45) is 34.0 Å². The highest BCUT2D eigenvalue weighted by molar-refractivity contribution is 5.86. The fourth-order valence-electron chi connectivity index (χ4n) is 9.12. The molecule has 0 radical (unpaired) electrons. The monoisotopic (exact) mass is 441 g/mol. The number of nitriles is 1. The second-order valence-corrected chi connectivity index (χ2v) is 11.8. The van der Waals surface area contributed by atoms with Crippen LogP contribution in [-0.4, -0.2) is 43.8 Å². The summed E-state index contributed by atoms with van der Waals surface area (Å²) in [7, 11) is 0. The van der Waals surface area contributed by atoms with Gasteiger partial charge in [-0.2, -0.15) is 5.26 Å². The van der Waals surface area contributed by atoms with Crippen molar-refractivity contribution >= 4 is 5.78 Å². The number of hydrogen-bond donors (Lipinski definition) is 0. The number of rotatable bonds is 1. The summed E-state index contributed by atoms with van der Waals surface area (Å²) in [4.78, 5) is 14.1. The third kappa shape index (κ3) is 2.52. The zero-order valence-electron chi connectivity index (χ0n) is 19.6. The van der Waals surface area contributed by atoms with Crippen molar-refractivity contribution in [2.45, 2.75) is 77.3 Å². The van der Waals surface area contributed by atoms with Gasteiger partial charge in [0.25, 0.3) is 0 Å². The van der Waals surface area contributed by atoms with Gasteiger partial charge in [0.15, 0.2) is 11.6 Å². The number of carbonyl (C=O) groups is 1. The first-order chi connectivity index (χ1) is 15.2. The normalized spacial score (nSPS) is 48.6. The van der Waals surface area contributed by atoms with Crippen LogP contribution < -0.4 is 0 Å². The summed E-state index contributed by atoms with van der Waals surface area (Å²) in [6, 6.07) is 2.78. The van der Waals surface area contributed by atoms with E-state index in [1.54, 1.807) is 0 Å². The van der Waals surface area contributed by atoms with E-state index in [0.717, 1.165) is 32.1 Å². The average Bonchev–Trinajstić information content (AvgIpc) is 3.48. The molecular formula is C26H35NO5. The van der Waals surface area contributed by atoms with E-state index in [1.165, 1.54) is 5.57 Å². The van der Waals surface area contributed by atoms with Gasteiger partial charge >= 0.3 is 0 Å². The SMILES string of the molecule is CC1([C@H]2CCC3[C@]4(C#N)CC=C5CC6(CC[C@]5(C)C4C(=O)C[C@@]32C)OCCO6)OCCO1. The summed E-state index contributed by atoms with van der Waals surface area (Å²) in [5.74, 6) is -0.868. The van der Waals surface area contributed by atoms with Gasteiger partial charge in [0.1, 0.15) is 5.78 Å². The summed E-state index contributed by atoms with van der Waals surface area (Å²) in [5, 5.41) is 10.7. The molecule has 2 unspecified atom stereocenters. The molecule has 6 heteroatoms. The van der Waals surface area contributed by atoms with Crippen LogP contribution in [0.15, 0.2) is 11.6 Å². The van der Waals surface area contributed by atoms with E-state index in [1.807, 2.05) is 6.92 Å². The lowest BCUT2D eigenvalue weighted by molar-refractivity contribution is -0.219. The Morgan fingerprint density at radius 1 is 0.938 bits per heavy atom. The largest absolute Gasteiger partial charge is 0.348 e. The van der Waals surface area contributed by atoms with Crippen LogP contribution in [0.4, 0.5) is 0 Å². The standard InChI is InChI=1S/C26H35NO5/c1-22-8-9-26(31-12-13-32-26)14-17(22)6-7-25(16-27)20-5-4-19(24(3)29-10-11-30-24)23(20,2)15-18(28)21(22)25/h6,19-21H,4-5,7-15H2,1-3H3/t19-,20?,21?,22-,23+,25+/m0/s1. The Bertz CT molecular complexity index is 910. The molecule has 2 heterocycles. The van der Waals surface area contributed by atoms with Crippen LogP contribution in [0.25, 0.3) is 0 Å². The maximum absolute atomic E-state index is 14.1. The van der Waals surface area contributed by atoms with Crippen molar-refractivity contribution in [1.82, 2.24) is 0 Å². The maximum Gasteiger partial charge on any atom is 0.172 e. The molecule has 32 heavy (non-hydrogen) atoms. The molecule has 0 aromatic rings. The molecule has 1 spiro atoms. The smallest absolute Gasteiger partial charge is 0.172 e. The fourth-order valence-corrected chi connectivity index (χ4v) is 9.12. The minimum absolute atomic E-state index is 0.130. The van der Waals surface area contributed by atoms with E-state index in [4.69, 9.17) is 18.9 Å². The first kappa shape index (κ1) is 21.3. The van der Waals surface area contributed by atoms with Crippen LogP contribution >= 0.6 is 0 Å². The van der Waals surface area contributed by atoms with E-state index in [-0.39, 0.29) is 34.4 Å². The Hall–Kier alpha value is -1.26. The summed E-state index contributed by atoms with van der Waals surface area (Å²) >= 11 is 0. The van der Waals surface area contributed by atoms with Gasteiger partial charge in [-0.15, -0.1) is 0 Å². The fraction of sp³-hybridized carbons (Fsp3) is 0.846. The summed E-state index contributed by atoms with van der Waals surface area (Å²) in [6.45, 7) is 8.98. The summed E-state index contributed by atoms with van der Waals surface area (Å²) in [6.07, 6.45) is 7.68. The number of carbonyl (C=O) groups excluding carboxylic acids is 1. The number of nitrogens with zero attached hydrogens (tertiary/aromatic N) is 1. The molecule has 0 N–H and O–H groups in total. The number of ether oxygens (including phenoxy) is 4. The Balaban J connectivity index is 1.41. The van der Waals surface area contributed by atoms with Crippen molar-refractivity contribution in [3.8, 4) is 6.07 Å². The first-order valence-electron chi connectivity index (χ1n) is 12.4. The Morgan fingerprint density at radius 3 is 2.28 bits per heavy atom. The summed E-state index contributed by atoms with van der Waals surface area (Å²) in [5.41, 5.74) is 0.0309. The predicted octanol–water partition coefficient (Wildman–Crippen LogP) is 4.14. The van der Waals surface area contributed by atoms with Crippen molar-refractivity contribution in [1.29, 1.82) is 5.26 Å². The number of hydrogen-bond acceptors (Lipinski definition) is 6. The molecule has 4 aliphatic carbocycles. The predicted molar refractivity (Wildman–Crippen MR) is 115 cm³/mol. The molecule has 6 rings (SSSR count). The number of Topliss-reactive ketones (excluding diaryl/α,β-unsaturated/α-hetero) is 1. The Kier molecular flexibility index (Phi) is 4.43. The molecule has 6 aliphatic rings. The van der Waals surface area contributed by atoms with E-state index in [0.29, 0.717) is 39.3 Å². The zero-order chi connectivity index (χ0) is 22.4. The molecule has 6 atom stereocenters. The van der Waals surface area contributed by atoms with Gasteiger partial charge in [0, 0.05) is 36.5 Å². The minimum atomic E-state index is -0.659. The van der Waals surface area contributed by atoms with E-state index < -0.39 is 17.0 Å². The molecule has 0 bridgehead atoms. The van der Waals surface area contributed by atoms with Gasteiger partial charge in [-0.25, -0.2) is 0 Å². The molecule has 174 valence electrons. The molecule has 0 amide bonds. The van der Waals surface area contributed by atoms with Crippen molar-refractivity contribution < 1.29 is 23.7 Å². The molecule has 3 saturated carbocycles. The second kappa shape index (κ2) is 6.66. The van der Waals surface area contributed by atoms with Crippen LogP contribution in [0, 0.1) is 45.3 Å². The lowest BCUT2D eigenvalue weighted by Gasteiger charge is -2.61. The van der Waals surface area contributed by atoms with E-state index in [2.05, 4.69) is 26.0 Å². The van der Waals surface area contributed by atoms with Gasteiger partial charge in [0.05, 0.1) is 37.9 Å². The van der Waals surface area contributed by atoms with Gasteiger partial charge in [-0.05, 0) is 43.9 Å². The third-order valence-electron chi connectivity index (χ3n) is 10.4. The molecule has 2 aliphatic heterocycles. The quantitative estimate of drug-likeness (QED) is 0.569. The highest BCUT2D eigenvalue weighted by atomic mass is 16.7. The zero-order valence-corrected chi connectivity index (χ0v) is 19.6. The first-order valence-corrected chi connectivity index (χ1v) is 12.4.